The summed E-state index contributed by atoms with van der Waals surface area (Å²) in [6, 6.07) is 0.529. The average Bonchev–Trinajstić information content (AvgIpc) is 2.80. The normalized spacial score (nSPS) is 12.6. The lowest BCUT2D eigenvalue weighted by Gasteiger charge is -2.32. The predicted molar refractivity (Wildman–Crippen MR) is 84.7 cm³/mol. The van der Waals surface area contributed by atoms with E-state index in [-0.39, 0.29) is 5.41 Å². The van der Waals surface area contributed by atoms with Gasteiger partial charge in [0.2, 0.25) is 0 Å². The molecule has 0 aromatic carbocycles. The molecule has 0 aliphatic carbocycles. The molecule has 1 aromatic heterocycles. The summed E-state index contributed by atoms with van der Waals surface area (Å²) in [5.41, 5.74) is 0.284. The number of rotatable bonds is 9. The minimum Gasteiger partial charge on any atom is -0.314 e. The molecular formula is C16H32N4. The number of hydrogen-bond donors (Lipinski definition) is 1. The van der Waals surface area contributed by atoms with Crippen molar-refractivity contribution in [3.8, 4) is 0 Å². The molecule has 0 spiro atoms. The van der Waals surface area contributed by atoms with E-state index < -0.39 is 0 Å². The van der Waals surface area contributed by atoms with Crippen molar-refractivity contribution in [2.45, 2.75) is 73.4 Å². The van der Waals surface area contributed by atoms with Crippen LogP contribution >= 0.6 is 0 Å². The summed E-state index contributed by atoms with van der Waals surface area (Å²) < 4.78 is 2.08. The van der Waals surface area contributed by atoms with Gasteiger partial charge in [0, 0.05) is 25.6 Å². The third-order valence-corrected chi connectivity index (χ3v) is 4.15. The van der Waals surface area contributed by atoms with E-state index >= 15 is 0 Å². The molecular weight excluding hydrogens is 248 g/mol. The Morgan fingerprint density at radius 2 is 1.85 bits per heavy atom. The highest BCUT2D eigenvalue weighted by molar-refractivity contribution is 4.95. The first-order valence-corrected chi connectivity index (χ1v) is 8.02. The van der Waals surface area contributed by atoms with E-state index in [9.17, 15) is 0 Å². The van der Waals surface area contributed by atoms with Crippen molar-refractivity contribution in [2.75, 3.05) is 6.54 Å². The zero-order valence-corrected chi connectivity index (χ0v) is 14.1. The highest BCUT2D eigenvalue weighted by atomic mass is 15.3. The van der Waals surface area contributed by atoms with Crippen molar-refractivity contribution in [2.24, 2.45) is 11.3 Å². The molecule has 0 unspecified atom stereocenters. The van der Waals surface area contributed by atoms with E-state index in [0.717, 1.165) is 38.2 Å². The lowest BCUT2D eigenvalue weighted by Crippen LogP contribution is -2.39. The fourth-order valence-electron chi connectivity index (χ4n) is 2.49. The van der Waals surface area contributed by atoms with Crippen molar-refractivity contribution < 1.29 is 0 Å². The molecule has 1 aromatic rings. The lowest BCUT2D eigenvalue weighted by atomic mass is 9.78. The lowest BCUT2D eigenvalue weighted by molar-refractivity contribution is 0.230. The molecule has 0 bridgehead atoms. The molecule has 0 amide bonds. The maximum atomic E-state index is 4.50. The van der Waals surface area contributed by atoms with Gasteiger partial charge in [-0.2, -0.15) is 5.10 Å². The van der Waals surface area contributed by atoms with Crippen LogP contribution in [0.5, 0.6) is 0 Å². The molecule has 20 heavy (non-hydrogen) atoms. The zero-order valence-electron chi connectivity index (χ0n) is 14.1. The van der Waals surface area contributed by atoms with E-state index in [1.165, 1.54) is 0 Å². The first kappa shape index (κ1) is 17.2. The fraction of sp³-hybridized carbons (Fsp3) is 0.875. The van der Waals surface area contributed by atoms with Crippen LogP contribution in [0.2, 0.25) is 0 Å². The van der Waals surface area contributed by atoms with Crippen LogP contribution in [0.25, 0.3) is 0 Å². The van der Waals surface area contributed by atoms with Gasteiger partial charge in [0.1, 0.15) is 12.2 Å². The van der Waals surface area contributed by atoms with Crippen molar-refractivity contribution in [3.05, 3.63) is 12.2 Å². The highest BCUT2D eigenvalue weighted by Gasteiger charge is 2.28. The molecule has 0 saturated heterocycles. The van der Waals surface area contributed by atoms with Crippen molar-refractivity contribution in [1.82, 2.24) is 20.1 Å². The molecule has 0 fully saturated rings. The smallest absolute Gasteiger partial charge is 0.138 e. The predicted octanol–water partition coefficient (Wildman–Crippen LogP) is 3.28. The third kappa shape index (κ3) is 4.89. The Kier molecular flexibility index (Phi) is 6.66. The van der Waals surface area contributed by atoms with Crippen LogP contribution in [0.3, 0.4) is 0 Å². The monoisotopic (exact) mass is 280 g/mol. The average molecular weight is 280 g/mol. The topological polar surface area (TPSA) is 42.7 Å². The molecule has 0 aliphatic rings. The quantitative estimate of drug-likeness (QED) is 0.755. The Hall–Kier alpha value is -0.900. The molecule has 0 radical (unpaired) electrons. The van der Waals surface area contributed by atoms with E-state index in [2.05, 4.69) is 61.6 Å². The Morgan fingerprint density at radius 3 is 2.35 bits per heavy atom. The molecule has 0 saturated carbocycles. The summed E-state index contributed by atoms with van der Waals surface area (Å²) in [6.45, 7) is 15.4. The number of nitrogens with zero attached hydrogens (tertiary/aromatic N) is 3. The van der Waals surface area contributed by atoms with Crippen molar-refractivity contribution in [1.29, 1.82) is 0 Å². The summed E-state index contributed by atoms with van der Waals surface area (Å²) in [4.78, 5) is 4.50. The van der Waals surface area contributed by atoms with Crippen LogP contribution in [-0.2, 0) is 13.0 Å². The fourth-order valence-corrected chi connectivity index (χ4v) is 2.49. The van der Waals surface area contributed by atoms with E-state index in [4.69, 9.17) is 0 Å². The van der Waals surface area contributed by atoms with Gasteiger partial charge in [-0.15, -0.1) is 0 Å². The van der Waals surface area contributed by atoms with Gasteiger partial charge >= 0.3 is 0 Å². The van der Waals surface area contributed by atoms with Crippen molar-refractivity contribution in [3.63, 3.8) is 0 Å². The van der Waals surface area contributed by atoms with E-state index in [0.29, 0.717) is 12.0 Å². The highest BCUT2D eigenvalue weighted by Crippen LogP contribution is 2.30. The second-order valence-electron chi connectivity index (χ2n) is 6.67. The maximum absolute atomic E-state index is 4.50. The van der Waals surface area contributed by atoms with Crippen LogP contribution in [0.4, 0.5) is 0 Å². The Labute approximate surface area is 124 Å². The Morgan fingerprint density at radius 1 is 1.20 bits per heavy atom. The van der Waals surface area contributed by atoms with Gasteiger partial charge in [0.25, 0.3) is 0 Å². The first-order valence-electron chi connectivity index (χ1n) is 8.02. The van der Waals surface area contributed by atoms with E-state index in [1.54, 1.807) is 6.33 Å². The van der Waals surface area contributed by atoms with Gasteiger partial charge in [-0.1, -0.05) is 41.5 Å². The van der Waals surface area contributed by atoms with Crippen LogP contribution in [0, 0.1) is 11.3 Å². The first-order chi connectivity index (χ1) is 9.42. The molecule has 1 N–H and O–H groups in total. The molecule has 1 rings (SSSR count). The number of aromatic nitrogens is 3. The Bertz CT molecular complexity index is 378. The maximum Gasteiger partial charge on any atom is 0.138 e. The SMILES string of the molecule is CCC(CC)(CNC(C)C)Cc1ncnn1CC(C)C. The van der Waals surface area contributed by atoms with Gasteiger partial charge in [0.05, 0.1) is 0 Å². The number of hydrogen-bond acceptors (Lipinski definition) is 3. The zero-order chi connectivity index (χ0) is 15.2. The van der Waals surface area contributed by atoms with Gasteiger partial charge in [0.15, 0.2) is 0 Å². The number of nitrogens with one attached hydrogen (secondary N) is 1. The largest absolute Gasteiger partial charge is 0.314 e. The summed E-state index contributed by atoms with van der Waals surface area (Å²) in [6.07, 6.45) is 5.03. The molecule has 1 heterocycles. The summed E-state index contributed by atoms with van der Waals surface area (Å²) in [5, 5.41) is 7.99. The molecule has 0 atom stereocenters. The Balaban J connectivity index is 2.81. The van der Waals surface area contributed by atoms with E-state index in [1.807, 2.05) is 0 Å². The van der Waals surface area contributed by atoms with Crippen LogP contribution in [0.1, 0.15) is 60.2 Å². The summed E-state index contributed by atoms with van der Waals surface area (Å²) >= 11 is 0. The molecule has 4 heteroatoms. The molecule has 116 valence electrons. The van der Waals surface area contributed by atoms with Gasteiger partial charge < -0.3 is 5.32 Å². The van der Waals surface area contributed by atoms with Crippen LogP contribution < -0.4 is 5.32 Å². The molecule has 4 nitrogen and oxygen atoms in total. The third-order valence-electron chi connectivity index (χ3n) is 4.15. The van der Waals surface area contributed by atoms with Crippen LogP contribution in [0.15, 0.2) is 6.33 Å². The second-order valence-corrected chi connectivity index (χ2v) is 6.67. The minimum absolute atomic E-state index is 0.284. The molecule has 0 aliphatic heterocycles. The van der Waals surface area contributed by atoms with Crippen molar-refractivity contribution >= 4 is 0 Å². The van der Waals surface area contributed by atoms with Crippen LogP contribution in [-0.4, -0.2) is 27.4 Å². The minimum atomic E-state index is 0.284. The summed E-state index contributed by atoms with van der Waals surface area (Å²) in [7, 11) is 0. The standard InChI is InChI=1S/C16H32N4/c1-7-16(8-2,11-17-14(5)6)9-15-18-12-19-20(15)10-13(3)4/h12-14,17H,7-11H2,1-6H3. The summed E-state index contributed by atoms with van der Waals surface area (Å²) in [5.74, 6) is 1.73. The van der Waals surface area contributed by atoms with Gasteiger partial charge in [-0.3, -0.25) is 0 Å². The second kappa shape index (κ2) is 7.77. The van der Waals surface area contributed by atoms with Gasteiger partial charge in [-0.25, -0.2) is 9.67 Å². The van der Waals surface area contributed by atoms with Gasteiger partial charge in [-0.05, 0) is 24.2 Å².